The van der Waals surface area contributed by atoms with Crippen LogP contribution in [0.2, 0.25) is 0 Å². The van der Waals surface area contributed by atoms with Crippen molar-refractivity contribution in [2.24, 2.45) is 0 Å². The van der Waals surface area contributed by atoms with Crippen molar-refractivity contribution in [3.63, 3.8) is 0 Å². The maximum Gasteiger partial charge on any atom is 2.00 e. The second-order valence-electron chi connectivity index (χ2n) is 6.21. The Morgan fingerprint density at radius 3 is 1.17 bits per heavy atom. The van der Waals surface area contributed by atoms with Crippen LogP contribution in [0.25, 0.3) is 0 Å². The summed E-state index contributed by atoms with van der Waals surface area (Å²) < 4.78 is 0. The van der Waals surface area contributed by atoms with Crippen LogP contribution in [0.5, 0.6) is 0 Å². The molecule has 0 bridgehead atoms. The van der Waals surface area contributed by atoms with E-state index in [4.69, 9.17) is 0 Å². The summed E-state index contributed by atoms with van der Waals surface area (Å²) >= 11 is 0. The quantitative estimate of drug-likeness (QED) is 0.301. The van der Waals surface area contributed by atoms with Crippen LogP contribution in [0.15, 0.2) is 48.5 Å². The minimum Gasteiger partial charge on any atom is -0.213 e. The molecule has 126 valence electrons. The van der Waals surface area contributed by atoms with Crippen molar-refractivity contribution in [1.29, 1.82) is 0 Å². The Labute approximate surface area is 163 Å². The molecule has 0 aromatic heterocycles. The van der Waals surface area contributed by atoms with Crippen molar-refractivity contribution in [3.05, 3.63) is 59.7 Å². The number of unbranched alkanes of at least 4 members (excludes halogenated alkanes) is 6. The van der Waals surface area contributed by atoms with Crippen LogP contribution in [-0.2, 0) is 39.0 Å². The molecule has 2 aromatic carbocycles. The van der Waals surface area contributed by atoms with E-state index in [1.807, 2.05) is 0 Å². The van der Waals surface area contributed by atoms with Crippen LogP contribution in [0, 0.1) is 0 Å². The predicted octanol–water partition coefficient (Wildman–Crippen LogP) is 7.05. The van der Waals surface area contributed by atoms with Gasteiger partial charge in [-0.2, -0.15) is 35.4 Å². The first-order valence-electron chi connectivity index (χ1n) is 9.28. The van der Waals surface area contributed by atoms with Gasteiger partial charge in [-0.1, -0.05) is 78.1 Å². The largest absolute Gasteiger partial charge is 2.00 e. The van der Waals surface area contributed by atoms with Gasteiger partial charge in [0.05, 0.1) is 0 Å². The van der Waals surface area contributed by atoms with Crippen molar-refractivity contribution < 1.29 is 26.2 Å². The van der Waals surface area contributed by atoms with E-state index < -0.39 is 0 Å². The molecule has 0 radical (unpaired) electrons. The van der Waals surface area contributed by atoms with Gasteiger partial charge in [0.25, 0.3) is 0 Å². The van der Waals surface area contributed by atoms with E-state index in [1.165, 1.54) is 75.3 Å². The summed E-state index contributed by atoms with van der Waals surface area (Å²) in [5.41, 5.74) is 3.00. The van der Waals surface area contributed by atoms with E-state index in [0.29, 0.717) is 0 Å². The standard InChI is InChI=1S/2C11H17.Zr/c2*1-2-3-4-5-8-11-9-6-7-10-11;/h2*6-7,9-10H,2-5,8H2,1H3;/q2*-1;+2. The molecule has 0 aliphatic heterocycles. The number of rotatable bonds is 10. The van der Waals surface area contributed by atoms with Gasteiger partial charge >= 0.3 is 26.2 Å². The van der Waals surface area contributed by atoms with Gasteiger partial charge in [0.15, 0.2) is 0 Å². The monoisotopic (exact) mass is 388 g/mol. The number of hydrogen-bond donors (Lipinski definition) is 0. The molecule has 2 aromatic rings. The summed E-state index contributed by atoms with van der Waals surface area (Å²) in [6.07, 6.45) is 13.5. The first-order chi connectivity index (χ1) is 10.9. The molecule has 0 amide bonds. The molecule has 0 atom stereocenters. The summed E-state index contributed by atoms with van der Waals surface area (Å²) in [5, 5.41) is 0. The van der Waals surface area contributed by atoms with Gasteiger partial charge in [-0.3, -0.25) is 0 Å². The Balaban J connectivity index is 0.000000403. The Bertz CT molecular complexity index is 369. The maximum atomic E-state index is 2.25. The summed E-state index contributed by atoms with van der Waals surface area (Å²) in [5.74, 6) is 0. The van der Waals surface area contributed by atoms with Gasteiger partial charge in [0.1, 0.15) is 0 Å². The topological polar surface area (TPSA) is 0 Å². The molecule has 0 nitrogen and oxygen atoms in total. The average Bonchev–Trinajstić information content (AvgIpc) is 3.22. The SMILES string of the molecule is CCCCCC[c-]1cccc1.CCCCCC[c-]1cccc1.[Zr+2]. The van der Waals surface area contributed by atoms with Crippen molar-refractivity contribution in [1.82, 2.24) is 0 Å². The molecule has 0 spiro atoms. The van der Waals surface area contributed by atoms with E-state index in [-0.39, 0.29) is 26.2 Å². The van der Waals surface area contributed by atoms with E-state index in [9.17, 15) is 0 Å². The van der Waals surface area contributed by atoms with E-state index >= 15 is 0 Å². The number of aryl methyl sites for hydroxylation is 2. The Morgan fingerprint density at radius 2 is 0.870 bits per heavy atom. The first kappa shape index (κ1) is 22.6. The minimum atomic E-state index is 0. The van der Waals surface area contributed by atoms with Crippen LogP contribution in [0.3, 0.4) is 0 Å². The smallest absolute Gasteiger partial charge is 0.213 e. The first-order valence-corrected chi connectivity index (χ1v) is 9.28. The fourth-order valence-corrected chi connectivity index (χ4v) is 2.67. The Kier molecular flexibility index (Phi) is 16.1. The third-order valence-corrected chi connectivity index (χ3v) is 4.10. The summed E-state index contributed by atoms with van der Waals surface area (Å²) in [7, 11) is 0. The van der Waals surface area contributed by atoms with Gasteiger partial charge in [0.2, 0.25) is 0 Å². The summed E-state index contributed by atoms with van der Waals surface area (Å²) in [6, 6.07) is 17.3. The molecule has 0 unspecified atom stereocenters. The molecule has 23 heavy (non-hydrogen) atoms. The van der Waals surface area contributed by atoms with Gasteiger partial charge in [-0.25, -0.2) is 24.3 Å². The average molecular weight is 390 g/mol. The third kappa shape index (κ3) is 12.6. The molecule has 2 rings (SSSR count). The van der Waals surface area contributed by atoms with Crippen molar-refractivity contribution in [3.8, 4) is 0 Å². The van der Waals surface area contributed by atoms with E-state index in [2.05, 4.69) is 62.4 Å². The molecular formula is C22H34Zr. The molecule has 1 heteroatoms. The molecule has 0 aliphatic carbocycles. The number of hydrogen-bond acceptors (Lipinski definition) is 0. The predicted molar refractivity (Wildman–Crippen MR) is 99.8 cm³/mol. The van der Waals surface area contributed by atoms with Gasteiger partial charge < -0.3 is 0 Å². The molecule has 0 fully saturated rings. The molecular weight excluding hydrogens is 355 g/mol. The fourth-order valence-electron chi connectivity index (χ4n) is 2.67. The summed E-state index contributed by atoms with van der Waals surface area (Å²) in [4.78, 5) is 0. The van der Waals surface area contributed by atoms with E-state index in [0.717, 1.165) is 0 Å². The van der Waals surface area contributed by atoms with Gasteiger partial charge in [0, 0.05) is 0 Å². The molecule has 0 N–H and O–H groups in total. The molecule has 0 aliphatic rings. The Morgan fingerprint density at radius 1 is 0.522 bits per heavy atom. The zero-order chi connectivity index (χ0) is 15.9. The summed E-state index contributed by atoms with van der Waals surface area (Å²) in [6.45, 7) is 4.50. The van der Waals surface area contributed by atoms with E-state index in [1.54, 1.807) is 0 Å². The van der Waals surface area contributed by atoms with Crippen molar-refractivity contribution in [2.45, 2.75) is 78.1 Å². The van der Waals surface area contributed by atoms with Crippen LogP contribution < -0.4 is 0 Å². The van der Waals surface area contributed by atoms with Crippen molar-refractivity contribution in [2.75, 3.05) is 0 Å². The molecule has 0 saturated carbocycles. The fraction of sp³-hybridized carbons (Fsp3) is 0.545. The Hall–Kier alpha value is -0.417. The molecule has 0 saturated heterocycles. The second-order valence-corrected chi connectivity index (χ2v) is 6.21. The maximum absolute atomic E-state index is 2.25. The van der Waals surface area contributed by atoms with Crippen molar-refractivity contribution >= 4 is 0 Å². The second kappa shape index (κ2) is 16.4. The van der Waals surface area contributed by atoms with Gasteiger partial charge in [-0.05, 0) is 0 Å². The van der Waals surface area contributed by atoms with Crippen LogP contribution in [0.1, 0.15) is 76.3 Å². The van der Waals surface area contributed by atoms with Crippen LogP contribution in [-0.4, -0.2) is 0 Å². The molecule has 0 heterocycles. The zero-order valence-corrected chi connectivity index (χ0v) is 17.6. The van der Waals surface area contributed by atoms with Crippen LogP contribution in [0.4, 0.5) is 0 Å². The van der Waals surface area contributed by atoms with Gasteiger partial charge in [-0.15, -0.1) is 0 Å². The minimum absolute atomic E-state index is 0. The third-order valence-electron chi connectivity index (χ3n) is 4.10. The zero-order valence-electron chi connectivity index (χ0n) is 15.2. The van der Waals surface area contributed by atoms with Crippen LogP contribution >= 0.6 is 0 Å². The normalized spacial score (nSPS) is 9.83.